The van der Waals surface area contributed by atoms with Crippen LogP contribution in [0.3, 0.4) is 0 Å². The number of nitroso groups, excluding NO2 is 1. The van der Waals surface area contributed by atoms with E-state index in [2.05, 4.69) is 25.6 Å². The van der Waals surface area contributed by atoms with E-state index in [1.807, 2.05) is 0 Å². The summed E-state index contributed by atoms with van der Waals surface area (Å²) in [6, 6.07) is 8.44. The quantitative estimate of drug-likeness (QED) is 0.686. The Hall–Kier alpha value is -3.13. The van der Waals surface area contributed by atoms with E-state index in [9.17, 15) is 9.70 Å². The first kappa shape index (κ1) is 17.9. The maximum absolute atomic E-state index is 12.9. The number of hydrogen-bond donors (Lipinski definition) is 1. The Bertz CT molecular complexity index is 1130. The Morgan fingerprint density at radius 1 is 1.14 bits per heavy atom. The minimum absolute atomic E-state index is 0.148. The summed E-state index contributed by atoms with van der Waals surface area (Å²) < 4.78 is 1.54. The summed E-state index contributed by atoms with van der Waals surface area (Å²) in [6.07, 6.45) is 5.70. The summed E-state index contributed by atoms with van der Waals surface area (Å²) in [4.78, 5) is 32.6. The molecular weight excluding hydrogens is 368 g/mol. The van der Waals surface area contributed by atoms with Crippen molar-refractivity contribution in [2.75, 3.05) is 18.5 Å². The highest BCUT2D eigenvalue weighted by molar-refractivity contribution is 5.81. The van der Waals surface area contributed by atoms with Crippen LogP contribution in [-0.4, -0.2) is 32.6 Å². The molecule has 8 nitrogen and oxygen atoms in total. The molecule has 0 spiro atoms. The van der Waals surface area contributed by atoms with Gasteiger partial charge in [-0.1, -0.05) is 18.6 Å². The number of nitrogens with one attached hydrogen (secondary N) is 1. The van der Waals surface area contributed by atoms with Crippen LogP contribution in [0.2, 0.25) is 0 Å². The lowest BCUT2D eigenvalue weighted by molar-refractivity contribution is 0.369. The van der Waals surface area contributed by atoms with Crippen molar-refractivity contribution < 1.29 is 0 Å². The molecule has 2 aliphatic rings. The summed E-state index contributed by atoms with van der Waals surface area (Å²) in [5, 5.41) is 5.88. The second-order valence-electron chi connectivity index (χ2n) is 8.00. The van der Waals surface area contributed by atoms with Gasteiger partial charge >= 0.3 is 0 Å². The number of anilines is 1. The van der Waals surface area contributed by atoms with Gasteiger partial charge in [0.05, 0.1) is 0 Å². The Morgan fingerprint density at radius 2 is 1.86 bits per heavy atom. The third kappa shape index (κ3) is 3.19. The molecule has 2 atom stereocenters. The second-order valence-corrected chi connectivity index (χ2v) is 8.00. The molecule has 148 valence electrons. The maximum atomic E-state index is 12.9. The van der Waals surface area contributed by atoms with E-state index >= 15 is 0 Å². The zero-order valence-electron chi connectivity index (χ0n) is 16.2. The van der Waals surface area contributed by atoms with E-state index in [-0.39, 0.29) is 5.56 Å². The largest absolute Gasteiger partial charge is 0.295 e. The molecule has 5 rings (SSSR count). The van der Waals surface area contributed by atoms with Crippen LogP contribution in [0.5, 0.6) is 0 Å². The third-order valence-corrected chi connectivity index (χ3v) is 6.22. The Balaban J connectivity index is 1.46. The van der Waals surface area contributed by atoms with Crippen LogP contribution in [0.1, 0.15) is 19.3 Å². The van der Waals surface area contributed by atoms with Gasteiger partial charge in [0.15, 0.2) is 0 Å². The van der Waals surface area contributed by atoms with Gasteiger partial charge in [0.1, 0.15) is 11.3 Å². The van der Waals surface area contributed by atoms with Crippen molar-refractivity contribution in [3.8, 4) is 11.1 Å². The van der Waals surface area contributed by atoms with Gasteiger partial charge in [-0.2, -0.15) is 4.98 Å². The molecular formula is C21H22N6O2. The van der Waals surface area contributed by atoms with Crippen molar-refractivity contribution in [2.24, 2.45) is 24.1 Å². The molecule has 1 aliphatic heterocycles. The van der Waals surface area contributed by atoms with Crippen LogP contribution >= 0.6 is 0 Å². The summed E-state index contributed by atoms with van der Waals surface area (Å²) >= 11 is 0. The minimum Gasteiger partial charge on any atom is -0.295 e. The first-order valence-corrected chi connectivity index (χ1v) is 9.94. The highest BCUT2D eigenvalue weighted by atomic mass is 16.3. The van der Waals surface area contributed by atoms with Gasteiger partial charge in [0.2, 0.25) is 5.95 Å². The highest BCUT2D eigenvalue weighted by Gasteiger charge is 2.36. The fourth-order valence-corrected chi connectivity index (χ4v) is 4.68. The summed E-state index contributed by atoms with van der Waals surface area (Å²) in [6.45, 7) is 2.05. The van der Waals surface area contributed by atoms with Gasteiger partial charge in [-0.3, -0.25) is 14.8 Å². The molecule has 1 N–H and O–H groups in total. The number of aryl methyl sites for hydroxylation is 1. The number of pyridine rings is 1. The van der Waals surface area contributed by atoms with E-state index in [0.717, 1.165) is 35.9 Å². The van der Waals surface area contributed by atoms with Gasteiger partial charge in [0.25, 0.3) is 5.56 Å². The van der Waals surface area contributed by atoms with Crippen molar-refractivity contribution >= 4 is 22.7 Å². The van der Waals surface area contributed by atoms with E-state index in [0.29, 0.717) is 22.8 Å². The Kier molecular flexibility index (Phi) is 4.35. The second kappa shape index (κ2) is 7.04. The standard InChI is InChI=1S/C21H22N6O2/c1-26-19-16(9-18(20(26)28)13-5-7-17(25-29)8-6-13)10-22-21(23-19)24-27-11-14-3-2-4-15(14)12-27/h5-10,14-15H,2-4,11-12H2,1H3,(H,22,23,24). The summed E-state index contributed by atoms with van der Waals surface area (Å²) in [5.41, 5.74) is 5.35. The van der Waals surface area contributed by atoms with Crippen LogP contribution < -0.4 is 11.0 Å². The average Bonchev–Trinajstić information content (AvgIpc) is 3.33. The lowest BCUT2D eigenvalue weighted by Crippen LogP contribution is -2.29. The molecule has 0 radical (unpaired) electrons. The number of nitrogens with zero attached hydrogens (tertiary/aromatic N) is 5. The molecule has 2 aromatic heterocycles. The topological polar surface area (TPSA) is 92.5 Å². The Morgan fingerprint density at radius 3 is 2.55 bits per heavy atom. The lowest BCUT2D eigenvalue weighted by Gasteiger charge is -2.18. The van der Waals surface area contributed by atoms with E-state index in [1.54, 1.807) is 48.1 Å². The molecule has 1 aliphatic carbocycles. The first-order valence-electron chi connectivity index (χ1n) is 9.94. The van der Waals surface area contributed by atoms with Crippen molar-refractivity contribution in [1.29, 1.82) is 0 Å². The SMILES string of the molecule is Cn1c(=O)c(-c2ccc(N=O)cc2)cc2cnc(NN3CC4CCCC4C3)nc21. The highest BCUT2D eigenvalue weighted by Crippen LogP contribution is 2.37. The number of hydrogen-bond acceptors (Lipinski definition) is 7. The van der Waals surface area contributed by atoms with E-state index in [4.69, 9.17) is 0 Å². The number of hydrazine groups is 1. The fourth-order valence-electron chi connectivity index (χ4n) is 4.68. The van der Waals surface area contributed by atoms with Crippen molar-refractivity contribution in [2.45, 2.75) is 19.3 Å². The van der Waals surface area contributed by atoms with Gasteiger partial charge < -0.3 is 0 Å². The first-order chi connectivity index (χ1) is 14.1. The minimum atomic E-state index is -0.148. The predicted octanol–water partition coefficient (Wildman–Crippen LogP) is 3.45. The molecule has 1 saturated carbocycles. The third-order valence-electron chi connectivity index (χ3n) is 6.22. The number of fused-ring (bicyclic) bond motifs is 2. The van der Waals surface area contributed by atoms with Crippen LogP contribution in [-0.2, 0) is 7.05 Å². The predicted molar refractivity (Wildman–Crippen MR) is 112 cm³/mol. The van der Waals surface area contributed by atoms with Crippen LogP contribution in [0.4, 0.5) is 11.6 Å². The van der Waals surface area contributed by atoms with Crippen molar-refractivity contribution in [3.63, 3.8) is 0 Å². The van der Waals surface area contributed by atoms with Crippen molar-refractivity contribution in [3.05, 3.63) is 51.8 Å². The van der Waals surface area contributed by atoms with Crippen LogP contribution in [0.15, 0.2) is 46.5 Å². The summed E-state index contributed by atoms with van der Waals surface area (Å²) in [5.74, 6) is 2.06. The average molecular weight is 390 g/mol. The van der Waals surface area contributed by atoms with E-state index in [1.165, 1.54) is 19.3 Å². The monoisotopic (exact) mass is 390 g/mol. The normalized spacial score (nSPS) is 21.4. The maximum Gasteiger partial charge on any atom is 0.259 e. The van der Waals surface area contributed by atoms with Crippen LogP contribution in [0.25, 0.3) is 22.2 Å². The van der Waals surface area contributed by atoms with Gasteiger partial charge in [0, 0.05) is 37.3 Å². The molecule has 8 heteroatoms. The summed E-state index contributed by atoms with van der Waals surface area (Å²) in [7, 11) is 1.71. The Labute approximate surface area is 167 Å². The molecule has 3 heterocycles. The zero-order chi connectivity index (χ0) is 20.0. The molecule has 1 aromatic carbocycles. The molecule has 0 bridgehead atoms. The number of benzene rings is 1. The molecule has 2 unspecified atom stereocenters. The van der Waals surface area contributed by atoms with Gasteiger partial charge in [-0.25, -0.2) is 9.99 Å². The van der Waals surface area contributed by atoms with E-state index < -0.39 is 0 Å². The molecule has 1 saturated heterocycles. The van der Waals surface area contributed by atoms with Crippen molar-refractivity contribution in [1.82, 2.24) is 19.5 Å². The lowest BCUT2D eigenvalue weighted by atomic mass is 10.0. The molecule has 0 amide bonds. The molecule has 2 fully saturated rings. The molecule has 29 heavy (non-hydrogen) atoms. The fraction of sp³-hybridized carbons (Fsp3) is 0.381. The smallest absolute Gasteiger partial charge is 0.259 e. The van der Waals surface area contributed by atoms with Gasteiger partial charge in [-0.15, -0.1) is 4.91 Å². The van der Waals surface area contributed by atoms with Gasteiger partial charge in [-0.05, 0) is 53.6 Å². The van der Waals surface area contributed by atoms with Crippen LogP contribution in [0, 0.1) is 16.7 Å². The number of rotatable bonds is 4. The number of aromatic nitrogens is 3. The zero-order valence-corrected chi connectivity index (χ0v) is 16.2. The molecule has 3 aromatic rings.